The minimum Gasteiger partial charge on any atom is -0.464 e. The molecule has 3 heterocycles. The highest BCUT2D eigenvalue weighted by atomic mass is 16.5. The van der Waals surface area contributed by atoms with E-state index >= 15 is 0 Å². The maximum absolute atomic E-state index is 12.6. The Kier molecular flexibility index (Phi) is 4.38. The van der Waals surface area contributed by atoms with Gasteiger partial charge >= 0.3 is 6.03 Å². The number of carbonyl (C=O) groups excluding carboxylic acids is 1. The number of hydrogen-bond acceptors (Lipinski definition) is 4. The van der Waals surface area contributed by atoms with Gasteiger partial charge in [0.1, 0.15) is 17.6 Å². The summed E-state index contributed by atoms with van der Waals surface area (Å²) >= 11 is 0. The van der Waals surface area contributed by atoms with E-state index in [-0.39, 0.29) is 12.1 Å². The predicted molar refractivity (Wildman–Crippen MR) is 85.3 cm³/mol. The summed E-state index contributed by atoms with van der Waals surface area (Å²) in [7, 11) is 1.84. The van der Waals surface area contributed by atoms with Crippen molar-refractivity contribution in [3.63, 3.8) is 0 Å². The molecule has 3 rings (SSSR count). The summed E-state index contributed by atoms with van der Waals surface area (Å²) in [5.41, 5.74) is 0.984. The number of anilines is 1. The Balaban J connectivity index is 1.76. The number of nitrogens with one attached hydrogen (secondary N) is 1. The molecule has 1 fully saturated rings. The van der Waals surface area contributed by atoms with Gasteiger partial charge in [0, 0.05) is 31.8 Å². The second kappa shape index (κ2) is 6.45. The largest absolute Gasteiger partial charge is 0.464 e. The molecule has 1 aliphatic rings. The van der Waals surface area contributed by atoms with E-state index in [9.17, 15) is 4.79 Å². The van der Waals surface area contributed by atoms with Gasteiger partial charge in [-0.25, -0.2) is 4.79 Å². The van der Waals surface area contributed by atoms with Gasteiger partial charge in [-0.2, -0.15) is 5.10 Å². The summed E-state index contributed by atoms with van der Waals surface area (Å²) in [4.78, 5) is 14.4. The standard InChI is InChI=1S/C16H22N4O3/c1-4-12-5-6-14(23-12)13-10-22-8-7-20(13)16(21)17-15-9-11(2)19(3)18-15/h5-6,9,13H,4,7-8,10H2,1-3H3,(H,17,18,21)/t13-/m1/s1. The first kappa shape index (κ1) is 15.6. The zero-order valence-electron chi connectivity index (χ0n) is 13.7. The van der Waals surface area contributed by atoms with Gasteiger partial charge in [0.2, 0.25) is 0 Å². The topological polar surface area (TPSA) is 72.5 Å². The normalized spacial score (nSPS) is 18.2. The number of rotatable bonds is 3. The molecule has 23 heavy (non-hydrogen) atoms. The molecule has 0 aliphatic carbocycles. The van der Waals surface area contributed by atoms with Crippen LogP contribution in [-0.2, 0) is 18.2 Å². The molecule has 1 N–H and O–H groups in total. The third-order valence-corrected chi connectivity index (χ3v) is 4.10. The molecular formula is C16H22N4O3. The van der Waals surface area contributed by atoms with Gasteiger partial charge in [0.25, 0.3) is 0 Å². The van der Waals surface area contributed by atoms with Crippen molar-refractivity contribution in [3.05, 3.63) is 35.4 Å². The molecule has 0 spiro atoms. The van der Waals surface area contributed by atoms with Crippen molar-refractivity contribution in [2.24, 2.45) is 7.05 Å². The number of hydrogen-bond donors (Lipinski definition) is 1. The Morgan fingerprint density at radius 3 is 2.96 bits per heavy atom. The molecule has 2 aromatic rings. The van der Waals surface area contributed by atoms with Crippen molar-refractivity contribution in [1.82, 2.24) is 14.7 Å². The van der Waals surface area contributed by atoms with Crippen LogP contribution in [0.1, 0.15) is 30.2 Å². The third-order valence-electron chi connectivity index (χ3n) is 4.10. The minimum atomic E-state index is -0.214. The first-order valence-electron chi connectivity index (χ1n) is 7.83. The zero-order valence-corrected chi connectivity index (χ0v) is 13.7. The van der Waals surface area contributed by atoms with Crippen LogP contribution in [0.3, 0.4) is 0 Å². The number of aromatic nitrogens is 2. The fraction of sp³-hybridized carbons (Fsp3) is 0.500. The van der Waals surface area contributed by atoms with E-state index in [2.05, 4.69) is 10.4 Å². The highest BCUT2D eigenvalue weighted by Gasteiger charge is 2.31. The third kappa shape index (κ3) is 3.24. The van der Waals surface area contributed by atoms with Crippen LogP contribution in [0.15, 0.2) is 22.6 Å². The van der Waals surface area contributed by atoms with Crippen LogP contribution in [0.25, 0.3) is 0 Å². The van der Waals surface area contributed by atoms with Crippen molar-refractivity contribution in [2.75, 3.05) is 25.1 Å². The summed E-state index contributed by atoms with van der Waals surface area (Å²) in [6.07, 6.45) is 0.826. The summed E-state index contributed by atoms with van der Waals surface area (Å²) < 4.78 is 13.1. The summed E-state index contributed by atoms with van der Waals surface area (Å²) in [6, 6.07) is 5.31. The van der Waals surface area contributed by atoms with E-state index < -0.39 is 0 Å². The molecule has 2 aromatic heterocycles. The Hall–Kier alpha value is -2.28. The fourth-order valence-corrected chi connectivity index (χ4v) is 2.65. The monoisotopic (exact) mass is 318 g/mol. The van der Waals surface area contributed by atoms with E-state index in [4.69, 9.17) is 9.15 Å². The van der Waals surface area contributed by atoms with Crippen LogP contribution in [-0.4, -0.2) is 40.5 Å². The fourth-order valence-electron chi connectivity index (χ4n) is 2.65. The molecule has 7 heteroatoms. The average Bonchev–Trinajstić information content (AvgIpc) is 3.14. The first-order valence-corrected chi connectivity index (χ1v) is 7.83. The van der Waals surface area contributed by atoms with Crippen LogP contribution in [0.2, 0.25) is 0 Å². The molecule has 1 aliphatic heterocycles. The number of urea groups is 1. The van der Waals surface area contributed by atoms with Crippen molar-refractivity contribution >= 4 is 11.8 Å². The Labute approximate surface area is 135 Å². The van der Waals surface area contributed by atoms with Crippen LogP contribution >= 0.6 is 0 Å². The number of furan rings is 1. The lowest BCUT2D eigenvalue weighted by atomic mass is 10.2. The molecule has 0 radical (unpaired) electrons. The molecule has 1 saturated heterocycles. The lowest BCUT2D eigenvalue weighted by Gasteiger charge is -2.34. The number of aryl methyl sites for hydroxylation is 3. The number of ether oxygens (including phenoxy) is 1. The molecule has 7 nitrogen and oxygen atoms in total. The first-order chi connectivity index (χ1) is 11.1. The van der Waals surface area contributed by atoms with Gasteiger partial charge in [0.15, 0.2) is 5.82 Å². The van der Waals surface area contributed by atoms with Gasteiger partial charge in [-0.15, -0.1) is 0 Å². The smallest absolute Gasteiger partial charge is 0.323 e. The lowest BCUT2D eigenvalue weighted by Crippen LogP contribution is -2.45. The Morgan fingerprint density at radius 1 is 1.48 bits per heavy atom. The molecule has 1 atom stereocenters. The molecule has 0 saturated carbocycles. The molecule has 0 aromatic carbocycles. The Morgan fingerprint density at radius 2 is 2.30 bits per heavy atom. The minimum absolute atomic E-state index is 0.189. The van der Waals surface area contributed by atoms with E-state index in [1.54, 1.807) is 9.58 Å². The van der Waals surface area contributed by atoms with Crippen LogP contribution in [0, 0.1) is 6.92 Å². The van der Waals surface area contributed by atoms with Crippen molar-refractivity contribution in [2.45, 2.75) is 26.3 Å². The van der Waals surface area contributed by atoms with Gasteiger partial charge in [-0.1, -0.05) is 6.92 Å². The SMILES string of the molecule is CCc1ccc([C@H]2COCCN2C(=O)Nc2cc(C)n(C)n2)o1. The number of carbonyl (C=O) groups is 1. The summed E-state index contributed by atoms with van der Waals surface area (Å²) in [6.45, 7) is 5.45. The van der Waals surface area contributed by atoms with E-state index in [1.807, 2.05) is 39.1 Å². The highest BCUT2D eigenvalue weighted by molar-refractivity contribution is 5.88. The van der Waals surface area contributed by atoms with Gasteiger partial charge in [-0.05, 0) is 19.1 Å². The summed E-state index contributed by atoms with van der Waals surface area (Å²) in [5.74, 6) is 2.22. The van der Waals surface area contributed by atoms with E-state index in [0.717, 1.165) is 23.6 Å². The molecule has 124 valence electrons. The maximum Gasteiger partial charge on any atom is 0.323 e. The quantitative estimate of drug-likeness (QED) is 0.943. The second-order valence-electron chi connectivity index (χ2n) is 5.67. The predicted octanol–water partition coefficient (Wildman–Crippen LogP) is 2.49. The van der Waals surface area contributed by atoms with Crippen molar-refractivity contribution < 1.29 is 13.9 Å². The van der Waals surface area contributed by atoms with Crippen molar-refractivity contribution in [1.29, 1.82) is 0 Å². The van der Waals surface area contributed by atoms with Crippen LogP contribution in [0.4, 0.5) is 10.6 Å². The molecular weight excluding hydrogens is 296 g/mol. The lowest BCUT2D eigenvalue weighted by molar-refractivity contribution is 0.00700. The zero-order chi connectivity index (χ0) is 16.4. The molecule has 0 bridgehead atoms. The van der Waals surface area contributed by atoms with E-state index in [1.165, 1.54) is 0 Å². The maximum atomic E-state index is 12.6. The Bertz CT molecular complexity index is 672. The number of amides is 2. The van der Waals surface area contributed by atoms with Gasteiger partial charge in [0.05, 0.1) is 13.2 Å². The van der Waals surface area contributed by atoms with Gasteiger partial charge < -0.3 is 14.1 Å². The van der Waals surface area contributed by atoms with Gasteiger partial charge in [-0.3, -0.25) is 10.00 Å². The molecule has 0 unspecified atom stereocenters. The number of morpholine rings is 1. The van der Waals surface area contributed by atoms with Crippen LogP contribution < -0.4 is 5.32 Å². The molecule has 2 amide bonds. The van der Waals surface area contributed by atoms with Crippen molar-refractivity contribution in [3.8, 4) is 0 Å². The average molecular weight is 318 g/mol. The highest BCUT2D eigenvalue weighted by Crippen LogP contribution is 2.27. The second-order valence-corrected chi connectivity index (χ2v) is 5.67. The number of nitrogens with zero attached hydrogens (tertiary/aromatic N) is 3. The van der Waals surface area contributed by atoms with E-state index in [0.29, 0.717) is 25.6 Å². The van der Waals surface area contributed by atoms with Crippen LogP contribution in [0.5, 0.6) is 0 Å². The summed E-state index contributed by atoms with van der Waals surface area (Å²) in [5, 5.41) is 7.12.